The molecular weight excluding hydrogens is 488 g/mol. The predicted octanol–water partition coefficient (Wildman–Crippen LogP) is 3.79. The molecule has 38 heavy (non-hydrogen) atoms. The van der Waals surface area contributed by atoms with Crippen molar-refractivity contribution in [3.63, 3.8) is 0 Å². The molecule has 5 rings (SSSR count). The average Bonchev–Trinajstić information content (AvgIpc) is 3.38. The van der Waals surface area contributed by atoms with E-state index < -0.39 is 11.9 Å². The molecule has 0 saturated heterocycles. The molecule has 0 bridgehead atoms. The van der Waals surface area contributed by atoms with Crippen LogP contribution in [0.25, 0.3) is 16.7 Å². The lowest BCUT2D eigenvalue weighted by molar-refractivity contribution is 0.0523. The SMILES string of the molecule is CCCCCn1c(=NC(=O)c2ccc3c(c2)OCO3)c(C(=O)OCC)cc2c(=O)n3cccc(C)c3nc21. The van der Waals surface area contributed by atoms with Gasteiger partial charge in [0.25, 0.3) is 11.5 Å². The predicted molar refractivity (Wildman–Crippen MR) is 140 cm³/mol. The minimum atomic E-state index is -0.676. The van der Waals surface area contributed by atoms with Gasteiger partial charge in [0.05, 0.1) is 12.0 Å². The molecule has 0 N–H and O–H groups in total. The van der Waals surface area contributed by atoms with Gasteiger partial charge < -0.3 is 18.8 Å². The second kappa shape index (κ2) is 10.5. The number of carbonyl (C=O) groups is 2. The Hall–Kier alpha value is -4.47. The van der Waals surface area contributed by atoms with E-state index in [1.165, 1.54) is 10.5 Å². The first-order valence-electron chi connectivity index (χ1n) is 12.6. The summed E-state index contributed by atoms with van der Waals surface area (Å²) < 4.78 is 19.2. The molecule has 0 aliphatic carbocycles. The fraction of sp³-hybridized carbons (Fsp3) is 0.321. The van der Waals surface area contributed by atoms with E-state index in [0.717, 1.165) is 24.8 Å². The smallest absolute Gasteiger partial charge is 0.341 e. The molecule has 0 saturated carbocycles. The molecule has 1 aliphatic rings. The van der Waals surface area contributed by atoms with Gasteiger partial charge in [0.1, 0.15) is 16.9 Å². The zero-order valence-electron chi connectivity index (χ0n) is 21.5. The standard InChI is InChI=1S/C28H28N4O6/c1-4-6-7-12-31-24-19(27(34)32-13-8-9-17(3)23(32)29-24)15-20(28(35)36-5-2)25(31)30-26(33)18-10-11-21-22(14-18)38-16-37-21/h8-11,13-15H,4-7,12,16H2,1-3H3. The second-order valence-corrected chi connectivity index (χ2v) is 8.98. The van der Waals surface area contributed by atoms with Crippen molar-refractivity contribution in [2.45, 2.75) is 46.6 Å². The molecule has 0 atom stereocenters. The summed E-state index contributed by atoms with van der Waals surface area (Å²) in [7, 11) is 0. The number of aromatic nitrogens is 3. The van der Waals surface area contributed by atoms with Gasteiger partial charge in [0, 0.05) is 18.3 Å². The van der Waals surface area contributed by atoms with Crippen LogP contribution in [-0.2, 0) is 11.3 Å². The zero-order chi connectivity index (χ0) is 26.8. The highest BCUT2D eigenvalue weighted by atomic mass is 16.7. The highest BCUT2D eigenvalue weighted by molar-refractivity contribution is 5.97. The van der Waals surface area contributed by atoms with Gasteiger partial charge in [-0.3, -0.25) is 14.0 Å². The molecule has 1 aliphatic heterocycles. The monoisotopic (exact) mass is 516 g/mol. The molecule has 1 amide bonds. The Morgan fingerprint density at radius 3 is 2.68 bits per heavy atom. The maximum Gasteiger partial charge on any atom is 0.341 e. The van der Waals surface area contributed by atoms with Gasteiger partial charge in [0.15, 0.2) is 17.0 Å². The molecule has 10 heteroatoms. The number of pyridine rings is 2. The van der Waals surface area contributed by atoms with Crippen LogP contribution < -0.4 is 20.5 Å². The van der Waals surface area contributed by atoms with Crippen molar-refractivity contribution in [3.05, 3.63) is 75.1 Å². The maximum absolute atomic E-state index is 13.6. The highest BCUT2D eigenvalue weighted by Gasteiger charge is 2.21. The molecule has 10 nitrogen and oxygen atoms in total. The van der Waals surface area contributed by atoms with Gasteiger partial charge in [-0.05, 0) is 56.2 Å². The van der Waals surface area contributed by atoms with Crippen molar-refractivity contribution in [2.75, 3.05) is 13.4 Å². The van der Waals surface area contributed by atoms with Crippen LogP contribution in [0.15, 0.2) is 52.4 Å². The number of esters is 1. The number of benzene rings is 1. The minimum absolute atomic E-state index is 0.0245. The number of rotatable bonds is 7. The van der Waals surface area contributed by atoms with E-state index in [-0.39, 0.29) is 41.0 Å². The summed E-state index contributed by atoms with van der Waals surface area (Å²) in [6, 6.07) is 9.86. The fourth-order valence-corrected chi connectivity index (χ4v) is 4.49. The largest absolute Gasteiger partial charge is 0.462 e. The number of amides is 1. The minimum Gasteiger partial charge on any atom is -0.462 e. The summed E-state index contributed by atoms with van der Waals surface area (Å²) in [6.07, 6.45) is 4.23. The zero-order valence-corrected chi connectivity index (χ0v) is 21.5. The molecule has 196 valence electrons. The van der Waals surface area contributed by atoms with Crippen molar-refractivity contribution in [3.8, 4) is 11.5 Å². The topological polar surface area (TPSA) is 113 Å². The molecule has 3 aromatic heterocycles. The Morgan fingerprint density at radius 1 is 1.08 bits per heavy atom. The van der Waals surface area contributed by atoms with E-state index in [9.17, 15) is 14.4 Å². The third-order valence-electron chi connectivity index (χ3n) is 6.41. The van der Waals surface area contributed by atoms with E-state index in [1.807, 2.05) is 13.0 Å². The molecule has 0 radical (unpaired) electrons. The molecule has 0 fully saturated rings. The van der Waals surface area contributed by atoms with E-state index in [2.05, 4.69) is 11.9 Å². The molecule has 0 spiro atoms. The molecule has 0 unspecified atom stereocenters. The lowest BCUT2D eigenvalue weighted by Gasteiger charge is -2.15. The average molecular weight is 517 g/mol. The third-order valence-corrected chi connectivity index (χ3v) is 6.41. The molecular formula is C28H28N4O6. The van der Waals surface area contributed by atoms with Crippen molar-refractivity contribution < 1.29 is 23.8 Å². The summed E-state index contributed by atoms with van der Waals surface area (Å²) in [5.41, 5.74) is 1.73. The number of unbranched alkanes of at least 4 members (excludes halogenated alkanes) is 2. The van der Waals surface area contributed by atoms with Crippen LogP contribution in [-0.4, -0.2) is 39.2 Å². The van der Waals surface area contributed by atoms with Crippen LogP contribution in [0.2, 0.25) is 0 Å². The number of hydrogen-bond donors (Lipinski definition) is 0. The Labute approximate surface area is 218 Å². The number of fused-ring (bicyclic) bond motifs is 3. The number of hydrogen-bond acceptors (Lipinski definition) is 7. The number of nitrogens with zero attached hydrogens (tertiary/aromatic N) is 4. The van der Waals surface area contributed by atoms with Crippen LogP contribution >= 0.6 is 0 Å². The van der Waals surface area contributed by atoms with Crippen molar-refractivity contribution >= 4 is 28.6 Å². The maximum atomic E-state index is 13.6. The van der Waals surface area contributed by atoms with Crippen molar-refractivity contribution in [1.29, 1.82) is 0 Å². The van der Waals surface area contributed by atoms with Crippen LogP contribution in [0.5, 0.6) is 11.5 Å². The van der Waals surface area contributed by atoms with Crippen molar-refractivity contribution in [1.82, 2.24) is 14.0 Å². The lowest BCUT2D eigenvalue weighted by atomic mass is 10.1. The third kappa shape index (κ3) is 4.53. The number of aryl methyl sites for hydroxylation is 2. The summed E-state index contributed by atoms with van der Waals surface area (Å²) in [4.78, 5) is 49.3. The van der Waals surface area contributed by atoms with E-state index in [0.29, 0.717) is 29.3 Å². The molecule has 4 aromatic rings. The van der Waals surface area contributed by atoms with E-state index in [4.69, 9.17) is 19.2 Å². The number of ether oxygens (including phenoxy) is 3. The van der Waals surface area contributed by atoms with Gasteiger partial charge in [-0.15, -0.1) is 0 Å². The number of carbonyl (C=O) groups excluding carboxylic acids is 2. The molecule has 4 heterocycles. The Bertz CT molecular complexity index is 1700. The van der Waals surface area contributed by atoms with E-state index in [1.54, 1.807) is 42.0 Å². The van der Waals surface area contributed by atoms with E-state index >= 15 is 0 Å². The van der Waals surface area contributed by atoms with Crippen LogP contribution in [0.3, 0.4) is 0 Å². The summed E-state index contributed by atoms with van der Waals surface area (Å²) >= 11 is 0. The quantitative estimate of drug-likeness (QED) is 0.209. The van der Waals surface area contributed by atoms with Gasteiger partial charge in [-0.2, -0.15) is 4.99 Å². The van der Waals surface area contributed by atoms with Gasteiger partial charge in [-0.1, -0.05) is 25.8 Å². The van der Waals surface area contributed by atoms with Gasteiger partial charge >= 0.3 is 5.97 Å². The first kappa shape index (κ1) is 25.2. The Morgan fingerprint density at radius 2 is 1.89 bits per heavy atom. The van der Waals surface area contributed by atoms with Crippen LogP contribution in [0.4, 0.5) is 0 Å². The summed E-state index contributed by atoms with van der Waals surface area (Å²) in [5, 5.41) is 0.238. The Balaban J connectivity index is 1.82. The Kier molecular flexibility index (Phi) is 6.95. The second-order valence-electron chi connectivity index (χ2n) is 8.98. The van der Waals surface area contributed by atoms with Crippen LogP contribution in [0.1, 0.15) is 59.4 Å². The molecule has 1 aromatic carbocycles. The normalized spacial score (nSPS) is 12.9. The first-order valence-corrected chi connectivity index (χ1v) is 12.6. The summed E-state index contributed by atoms with van der Waals surface area (Å²) in [5.74, 6) is -0.264. The van der Waals surface area contributed by atoms with Gasteiger partial charge in [-0.25, -0.2) is 9.78 Å². The highest BCUT2D eigenvalue weighted by Crippen LogP contribution is 2.32. The van der Waals surface area contributed by atoms with Crippen molar-refractivity contribution in [2.24, 2.45) is 4.99 Å². The lowest BCUT2D eigenvalue weighted by Crippen LogP contribution is -2.33. The summed E-state index contributed by atoms with van der Waals surface area (Å²) in [6.45, 7) is 6.24. The van der Waals surface area contributed by atoms with Crippen LogP contribution in [0, 0.1) is 6.92 Å². The fourth-order valence-electron chi connectivity index (χ4n) is 4.49. The van der Waals surface area contributed by atoms with Gasteiger partial charge in [0.2, 0.25) is 6.79 Å². The first-order chi connectivity index (χ1) is 18.4.